The van der Waals surface area contributed by atoms with Gasteiger partial charge < -0.3 is 15.8 Å². The Hall–Kier alpha value is -1.99. The van der Waals surface area contributed by atoms with Crippen LogP contribution in [0.1, 0.15) is 23.2 Å². The minimum Gasteiger partial charge on any atom is -0.497 e. The number of hydrogen-bond acceptors (Lipinski definition) is 5. The number of thiophene rings is 1. The van der Waals surface area contributed by atoms with Gasteiger partial charge in [-0.1, -0.05) is 0 Å². The van der Waals surface area contributed by atoms with E-state index < -0.39 is 5.91 Å². The quantitative estimate of drug-likeness (QED) is 0.565. The molecule has 1 aromatic heterocycles. The number of anilines is 1. The summed E-state index contributed by atoms with van der Waals surface area (Å²) >= 11 is 2.99. The first-order chi connectivity index (χ1) is 11.1. The number of amides is 2. The molecule has 0 saturated heterocycles. The van der Waals surface area contributed by atoms with Crippen molar-refractivity contribution in [3.63, 3.8) is 0 Å². The third-order valence-electron chi connectivity index (χ3n) is 3.06. The van der Waals surface area contributed by atoms with Crippen molar-refractivity contribution >= 4 is 39.9 Å². The number of carbonyl (C=O) groups is 2. The SMILES string of the molecule is COc1ccc(SCCCC(=O)Nc2sccc2C(N)=O)cc1. The molecule has 2 aromatic rings. The molecular weight excluding hydrogens is 332 g/mol. The van der Waals surface area contributed by atoms with E-state index in [0.29, 0.717) is 17.0 Å². The van der Waals surface area contributed by atoms with Crippen molar-refractivity contribution in [3.8, 4) is 5.75 Å². The highest BCUT2D eigenvalue weighted by Gasteiger charge is 2.12. The molecule has 0 aliphatic rings. The Labute approximate surface area is 143 Å². The monoisotopic (exact) mass is 350 g/mol. The van der Waals surface area contributed by atoms with E-state index in [9.17, 15) is 9.59 Å². The average Bonchev–Trinajstić information content (AvgIpc) is 3.00. The van der Waals surface area contributed by atoms with Crippen molar-refractivity contribution in [3.05, 3.63) is 41.3 Å². The van der Waals surface area contributed by atoms with Crippen LogP contribution in [0, 0.1) is 0 Å². The van der Waals surface area contributed by atoms with Gasteiger partial charge in [-0.25, -0.2) is 0 Å². The molecular formula is C16H18N2O3S2. The fraction of sp³-hybridized carbons (Fsp3) is 0.250. The molecule has 2 rings (SSSR count). The number of hydrogen-bond donors (Lipinski definition) is 2. The summed E-state index contributed by atoms with van der Waals surface area (Å²) in [5.74, 6) is 1.03. The lowest BCUT2D eigenvalue weighted by Gasteiger charge is -2.05. The first-order valence-electron chi connectivity index (χ1n) is 7.04. The standard InChI is InChI=1S/C16H18N2O3S2/c1-21-11-4-6-12(7-5-11)22-9-2-3-14(19)18-16-13(15(17)20)8-10-23-16/h4-8,10H,2-3,9H2,1H3,(H2,17,20)(H,18,19). The molecule has 1 aromatic carbocycles. The molecule has 0 fully saturated rings. The van der Waals surface area contributed by atoms with E-state index >= 15 is 0 Å². The Morgan fingerprint density at radius 2 is 2.00 bits per heavy atom. The Balaban J connectivity index is 1.72. The molecule has 7 heteroatoms. The topological polar surface area (TPSA) is 81.4 Å². The summed E-state index contributed by atoms with van der Waals surface area (Å²) in [5, 5.41) is 4.99. The Kier molecular flexibility index (Phi) is 6.49. The summed E-state index contributed by atoms with van der Waals surface area (Å²) in [5.41, 5.74) is 5.60. The summed E-state index contributed by atoms with van der Waals surface area (Å²) < 4.78 is 5.11. The maximum Gasteiger partial charge on any atom is 0.251 e. The van der Waals surface area contributed by atoms with Crippen LogP contribution in [0.5, 0.6) is 5.75 Å². The van der Waals surface area contributed by atoms with Crippen LogP contribution < -0.4 is 15.8 Å². The maximum absolute atomic E-state index is 11.9. The zero-order valence-electron chi connectivity index (χ0n) is 12.7. The third-order valence-corrected chi connectivity index (χ3v) is 4.99. The molecule has 23 heavy (non-hydrogen) atoms. The van der Waals surface area contributed by atoms with Gasteiger partial charge in [0.05, 0.1) is 12.7 Å². The van der Waals surface area contributed by atoms with Gasteiger partial charge in [0.15, 0.2) is 0 Å². The minimum atomic E-state index is -0.531. The van der Waals surface area contributed by atoms with Crippen LogP contribution in [-0.2, 0) is 4.79 Å². The highest BCUT2D eigenvalue weighted by molar-refractivity contribution is 7.99. The normalized spacial score (nSPS) is 10.3. The molecule has 0 unspecified atom stereocenters. The summed E-state index contributed by atoms with van der Waals surface area (Å²) in [7, 11) is 1.64. The molecule has 0 aliphatic carbocycles. The van der Waals surface area contributed by atoms with E-state index in [1.54, 1.807) is 30.3 Å². The van der Waals surface area contributed by atoms with Gasteiger partial charge >= 0.3 is 0 Å². The van der Waals surface area contributed by atoms with E-state index in [1.165, 1.54) is 11.3 Å². The Morgan fingerprint density at radius 3 is 2.65 bits per heavy atom. The number of ether oxygens (including phenoxy) is 1. The predicted molar refractivity (Wildman–Crippen MR) is 94.4 cm³/mol. The largest absolute Gasteiger partial charge is 0.497 e. The number of thioether (sulfide) groups is 1. The number of nitrogens with two attached hydrogens (primary N) is 1. The van der Waals surface area contributed by atoms with Crippen LogP contribution >= 0.6 is 23.1 Å². The molecule has 122 valence electrons. The van der Waals surface area contributed by atoms with Crippen LogP contribution in [0.4, 0.5) is 5.00 Å². The second-order valence-corrected chi connectivity index (χ2v) is 6.79. The molecule has 1 heterocycles. The van der Waals surface area contributed by atoms with Crippen molar-refractivity contribution in [2.75, 3.05) is 18.2 Å². The lowest BCUT2D eigenvalue weighted by atomic mass is 10.3. The lowest BCUT2D eigenvalue weighted by molar-refractivity contribution is -0.116. The van der Waals surface area contributed by atoms with Crippen molar-refractivity contribution in [2.45, 2.75) is 17.7 Å². The highest BCUT2D eigenvalue weighted by atomic mass is 32.2. The average molecular weight is 350 g/mol. The summed E-state index contributed by atoms with van der Waals surface area (Å²) in [6.45, 7) is 0. The highest BCUT2D eigenvalue weighted by Crippen LogP contribution is 2.24. The first-order valence-corrected chi connectivity index (χ1v) is 8.90. The smallest absolute Gasteiger partial charge is 0.251 e. The summed E-state index contributed by atoms with van der Waals surface area (Å²) in [4.78, 5) is 24.2. The van der Waals surface area contributed by atoms with Gasteiger partial charge in [-0.05, 0) is 47.9 Å². The van der Waals surface area contributed by atoms with Crippen LogP contribution in [-0.4, -0.2) is 24.7 Å². The van der Waals surface area contributed by atoms with E-state index in [4.69, 9.17) is 10.5 Å². The fourth-order valence-electron chi connectivity index (χ4n) is 1.88. The maximum atomic E-state index is 11.9. The Bertz CT molecular complexity index is 668. The lowest BCUT2D eigenvalue weighted by Crippen LogP contribution is -2.16. The number of carbonyl (C=O) groups excluding carboxylic acids is 2. The van der Waals surface area contributed by atoms with E-state index in [-0.39, 0.29) is 5.91 Å². The van der Waals surface area contributed by atoms with Crippen LogP contribution in [0.2, 0.25) is 0 Å². The Morgan fingerprint density at radius 1 is 1.26 bits per heavy atom. The van der Waals surface area contributed by atoms with Gasteiger partial charge in [0.2, 0.25) is 5.91 Å². The summed E-state index contributed by atoms with van der Waals surface area (Å²) in [6.07, 6.45) is 1.15. The number of methoxy groups -OCH3 is 1. The van der Waals surface area contributed by atoms with E-state index in [0.717, 1.165) is 22.8 Å². The number of nitrogens with one attached hydrogen (secondary N) is 1. The van der Waals surface area contributed by atoms with Crippen LogP contribution in [0.25, 0.3) is 0 Å². The van der Waals surface area contributed by atoms with Crippen LogP contribution in [0.15, 0.2) is 40.6 Å². The molecule has 0 aliphatic heterocycles. The molecule has 5 nitrogen and oxygen atoms in total. The first kappa shape index (κ1) is 17.4. The van der Waals surface area contributed by atoms with Gasteiger partial charge in [0.25, 0.3) is 5.91 Å². The molecule has 3 N–H and O–H groups in total. The van der Waals surface area contributed by atoms with Gasteiger partial charge in [-0.15, -0.1) is 23.1 Å². The van der Waals surface area contributed by atoms with Crippen molar-refractivity contribution in [2.24, 2.45) is 5.73 Å². The fourth-order valence-corrected chi connectivity index (χ4v) is 3.55. The molecule has 0 saturated carbocycles. The van der Waals surface area contributed by atoms with Gasteiger partial charge in [0.1, 0.15) is 10.8 Å². The van der Waals surface area contributed by atoms with Gasteiger partial charge in [-0.3, -0.25) is 9.59 Å². The zero-order chi connectivity index (χ0) is 16.7. The van der Waals surface area contributed by atoms with Crippen molar-refractivity contribution in [1.29, 1.82) is 0 Å². The number of rotatable bonds is 8. The number of benzene rings is 1. The van der Waals surface area contributed by atoms with Crippen molar-refractivity contribution in [1.82, 2.24) is 0 Å². The minimum absolute atomic E-state index is 0.106. The zero-order valence-corrected chi connectivity index (χ0v) is 14.3. The van der Waals surface area contributed by atoms with Gasteiger partial charge in [0, 0.05) is 11.3 Å². The van der Waals surface area contributed by atoms with E-state index in [2.05, 4.69) is 5.32 Å². The summed E-state index contributed by atoms with van der Waals surface area (Å²) in [6, 6.07) is 9.43. The molecule has 0 radical (unpaired) electrons. The molecule has 2 amide bonds. The van der Waals surface area contributed by atoms with Crippen molar-refractivity contribution < 1.29 is 14.3 Å². The molecule has 0 atom stereocenters. The third kappa shape index (κ3) is 5.30. The molecule has 0 spiro atoms. The van der Waals surface area contributed by atoms with E-state index in [1.807, 2.05) is 24.3 Å². The number of primary amides is 1. The second-order valence-electron chi connectivity index (χ2n) is 4.70. The molecule has 0 bridgehead atoms. The van der Waals surface area contributed by atoms with Gasteiger partial charge in [-0.2, -0.15) is 0 Å². The second kappa shape index (κ2) is 8.59. The predicted octanol–water partition coefficient (Wildman–Crippen LogP) is 3.37. The van der Waals surface area contributed by atoms with Crippen LogP contribution in [0.3, 0.4) is 0 Å².